The standard InChI is InChI=1S/C16H19N3O2/c1-16(2)15(21)18-9-10-19(16)14(20)13-7-3-5-12(11-13)6-4-8-17/h3,5,7,11H,8-10,17H2,1-2H3,(H,18,21). The first-order valence-electron chi connectivity index (χ1n) is 6.86. The first-order chi connectivity index (χ1) is 9.96. The van der Waals surface area contributed by atoms with E-state index in [-0.39, 0.29) is 18.4 Å². The third-order valence-electron chi connectivity index (χ3n) is 3.54. The molecule has 1 aromatic rings. The molecule has 2 rings (SSSR count). The number of carbonyl (C=O) groups is 2. The van der Waals surface area contributed by atoms with Crippen molar-refractivity contribution in [2.75, 3.05) is 19.6 Å². The van der Waals surface area contributed by atoms with E-state index in [9.17, 15) is 9.59 Å². The van der Waals surface area contributed by atoms with Gasteiger partial charge in [-0.05, 0) is 32.0 Å². The van der Waals surface area contributed by atoms with Crippen LogP contribution in [0.5, 0.6) is 0 Å². The van der Waals surface area contributed by atoms with Crippen molar-refractivity contribution in [1.82, 2.24) is 10.2 Å². The summed E-state index contributed by atoms with van der Waals surface area (Å²) in [4.78, 5) is 26.2. The van der Waals surface area contributed by atoms with Crippen LogP contribution in [0.4, 0.5) is 0 Å². The van der Waals surface area contributed by atoms with E-state index in [4.69, 9.17) is 5.73 Å². The second kappa shape index (κ2) is 5.98. The van der Waals surface area contributed by atoms with Crippen LogP contribution < -0.4 is 11.1 Å². The van der Waals surface area contributed by atoms with Crippen LogP contribution in [0, 0.1) is 11.8 Å². The summed E-state index contributed by atoms with van der Waals surface area (Å²) >= 11 is 0. The number of carbonyl (C=O) groups excluding carboxylic acids is 2. The van der Waals surface area contributed by atoms with Crippen LogP contribution in [-0.2, 0) is 4.79 Å². The zero-order valence-corrected chi connectivity index (χ0v) is 12.3. The SMILES string of the molecule is CC1(C)C(=O)NCCN1C(=O)c1cccc(C#CCN)c1. The Hall–Kier alpha value is -2.32. The van der Waals surface area contributed by atoms with Crippen LogP contribution in [0.25, 0.3) is 0 Å². The average molecular weight is 285 g/mol. The fourth-order valence-corrected chi connectivity index (χ4v) is 2.29. The first-order valence-corrected chi connectivity index (χ1v) is 6.86. The van der Waals surface area contributed by atoms with Gasteiger partial charge in [0.15, 0.2) is 0 Å². The van der Waals surface area contributed by atoms with E-state index in [1.165, 1.54) is 0 Å². The van der Waals surface area contributed by atoms with Gasteiger partial charge in [0.25, 0.3) is 5.91 Å². The van der Waals surface area contributed by atoms with Crippen molar-refractivity contribution in [2.45, 2.75) is 19.4 Å². The number of nitrogens with two attached hydrogens (primary N) is 1. The zero-order chi connectivity index (χ0) is 15.5. The third-order valence-corrected chi connectivity index (χ3v) is 3.54. The maximum absolute atomic E-state index is 12.7. The lowest BCUT2D eigenvalue weighted by Gasteiger charge is -2.41. The quantitative estimate of drug-likeness (QED) is 0.731. The molecule has 1 aromatic carbocycles. The zero-order valence-electron chi connectivity index (χ0n) is 12.3. The number of nitrogens with zero attached hydrogens (tertiary/aromatic N) is 1. The number of hydrogen-bond donors (Lipinski definition) is 2. The van der Waals surface area contributed by atoms with Crippen LogP contribution >= 0.6 is 0 Å². The molecular formula is C16H19N3O2. The van der Waals surface area contributed by atoms with Gasteiger partial charge in [-0.1, -0.05) is 17.9 Å². The highest BCUT2D eigenvalue weighted by atomic mass is 16.2. The largest absolute Gasteiger partial charge is 0.352 e. The predicted octanol–water partition coefficient (Wildman–Crippen LogP) is 0.347. The Morgan fingerprint density at radius 3 is 2.95 bits per heavy atom. The highest BCUT2D eigenvalue weighted by molar-refractivity contribution is 5.99. The van der Waals surface area contributed by atoms with Gasteiger partial charge >= 0.3 is 0 Å². The number of amides is 2. The van der Waals surface area contributed by atoms with Crippen molar-refractivity contribution < 1.29 is 9.59 Å². The molecule has 3 N–H and O–H groups in total. The lowest BCUT2D eigenvalue weighted by molar-refractivity contribution is -0.133. The van der Waals surface area contributed by atoms with Gasteiger partial charge in [-0.15, -0.1) is 0 Å². The van der Waals surface area contributed by atoms with E-state index >= 15 is 0 Å². The molecule has 110 valence electrons. The Morgan fingerprint density at radius 1 is 1.48 bits per heavy atom. The van der Waals surface area contributed by atoms with Gasteiger partial charge in [-0.2, -0.15) is 0 Å². The van der Waals surface area contributed by atoms with Crippen molar-refractivity contribution in [1.29, 1.82) is 0 Å². The summed E-state index contributed by atoms with van der Waals surface area (Å²) in [7, 11) is 0. The minimum Gasteiger partial charge on any atom is -0.352 e. The topological polar surface area (TPSA) is 75.4 Å². The lowest BCUT2D eigenvalue weighted by atomic mass is 9.97. The summed E-state index contributed by atoms with van der Waals surface area (Å²) in [6.45, 7) is 4.74. The molecule has 0 atom stereocenters. The molecular weight excluding hydrogens is 266 g/mol. The Kier molecular flexibility index (Phi) is 4.29. The van der Waals surface area contributed by atoms with Gasteiger partial charge in [0.05, 0.1) is 6.54 Å². The average Bonchev–Trinajstić information content (AvgIpc) is 2.47. The van der Waals surface area contributed by atoms with E-state index in [0.29, 0.717) is 18.7 Å². The molecule has 0 bridgehead atoms. The normalized spacial score (nSPS) is 16.7. The Bertz CT molecular complexity index is 626. The fourth-order valence-electron chi connectivity index (χ4n) is 2.29. The summed E-state index contributed by atoms with van der Waals surface area (Å²) in [5.41, 5.74) is 5.77. The van der Waals surface area contributed by atoms with Crippen LogP contribution in [-0.4, -0.2) is 41.9 Å². The molecule has 1 aliphatic heterocycles. The van der Waals surface area contributed by atoms with Crippen molar-refractivity contribution >= 4 is 11.8 Å². The molecule has 1 aliphatic rings. The van der Waals surface area contributed by atoms with E-state index in [1.807, 2.05) is 6.07 Å². The lowest BCUT2D eigenvalue weighted by Crippen LogP contribution is -2.63. The summed E-state index contributed by atoms with van der Waals surface area (Å²) in [5, 5.41) is 2.78. The molecule has 0 aliphatic carbocycles. The van der Waals surface area contributed by atoms with Gasteiger partial charge < -0.3 is 16.0 Å². The van der Waals surface area contributed by atoms with Crippen molar-refractivity contribution in [3.05, 3.63) is 35.4 Å². The van der Waals surface area contributed by atoms with Crippen LogP contribution in [0.3, 0.4) is 0 Å². The minimum atomic E-state index is -0.853. The number of piperazine rings is 1. The smallest absolute Gasteiger partial charge is 0.254 e. The molecule has 0 spiro atoms. The predicted molar refractivity (Wildman–Crippen MR) is 80.5 cm³/mol. The molecule has 0 saturated carbocycles. The van der Waals surface area contributed by atoms with Gasteiger partial charge in [-0.3, -0.25) is 9.59 Å². The van der Waals surface area contributed by atoms with Crippen molar-refractivity contribution in [2.24, 2.45) is 5.73 Å². The molecule has 0 aromatic heterocycles. The van der Waals surface area contributed by atoms with Crippen molar-refractivity contribution in [3.8, 4) is 11.8 Å². The molecule has 2 amide bonds. The van der Waals surface area contributed by atoms with E-state index in [0.717, 1.165) is 5.56 Å². The summed E-state index contributed by atoms with van der Waals surface area (Å²) in [6, 6.07) is 7.07. The number of nitrogens with one attached hydrogen (secondary N) is 1. The molecule has 1 heterocycles. The number of hydrogen-bond acceptors (Lipinski definition) is 3. The number of benzene rings is 1. The Balaban J connectivity index is 2.29. The van der Waals surface area contributed by atoms with Crippen LogP contribution in [0.2, 0.25) is 0 Å². The molecule has 0 unspecified atom stereocenters. The maximum atomic E-state index is 12.7. The highest BCUT2D eigenvalue weighted by Gasteiger charge is 2.40. The van der Waals surface area contributed by atoms with E-state index in [1.54, 1.807) is 36.9 Å². The van der Waals surface area contributed by atoms with Gasteiger partial charge in [0.1, 0.15) is 5.54 Å². The van der Waals surface area contributed by atoms with Crippen LogP contribution in [0.15, 0.2) is 24.3 Å². The minimum absolute atomic E-state index is 0.138. The molecule has 21 heavy (non-hydrogen) atoms. The maximum Gasteiger partial charge on any atom is 0.254 e. The second-order valence-electron chi connectivity index (χ2n) is 5.36. The van der Waals surface area contributed by atoms with Gasteiger partial charge in [-0.25, -0.2) is 0 Å². The van der Waals surface area contributed by atoms with Gasteiger partial charge in [0, 0.05) is 24.2 Å². The van der Waals surface area contributed by atoms with Crippen molar-refractivity contribution in [3.63, 3.8) is 0 Å². The molecule has 5 nitrogen and oxygen atoms in total. The third kappa shape index (κ3) is 3.06. The second-order valence-corrected chi connectivity index (χ2v) is 5.36. The molecule has 1 saturated heterocycles. The molecule has 5 heteroatoms. The Morgan fingerprint density at radius 2 is 2.24 bits per heavy atom. The summed E-state index contributed by atoms with van der Waals surface area (Å²) in [5.74, 6) is 5.37. The summed E-state index contributed by atoms with van der Waals surface area (Å²) in [6.07, 6.45) is 0. The first kappa shape index (κ1) is 15.1. The molecule has 1 fully saturated rings. The van der Waals surface area contributed by atoms with E-state index < -0.39 is 5.54 Å². The summed E-state index contributed by atoms with van der Waals surface area (Å²) < 4.78 is 0. The number of rotatable bonds is 1. The Labute approximate surface area is 124 Å². The van der Waals surface area contributed by atoms with E-state index in [2.05, 4.69) is 17.2 Å². The monoisotopic (exact) mass is 285 g/mol. The fraction of sp³-hybridized carbons (Fsp3) is 0.375. The molecule has 0 radical (unpaired) electrons. The van der Waals surface area contributed by atoms with Crippen LogP contribution in [0.1, 0.15) is 29.8 Å². The van der Waals surface area contributed by atoms with Gasteiger partial charge in [0.2, 0.25) is 5.91 Å². The highest BCUT2D eigenvalue weighted by Crippen LogP contribution is 2.21.